The van der Waals surface area contributed by atoms with Crippen LogP contribution < -0.4 is 0 Å². The predicted octanol–water partition coefficient (Wildman–Crippen LogP) is 4.73. The second-order valence-electron chi connectivity index (χ2n) is 4.23. The first-order valence-corrected chi connectivity index (χ1v) is 7.56. The topological polar surface area (TPSA) is 0 Å². The molecule has 2 unspecified atom stereocenters. The predicted molar refractivity (Wildman–Crippen MR) is 71.8 cm³/mol. The number of thioether (sulfide) groups is 1. The van der Waals surface area contributed by atoms with Gasteiger partial charge in [-0.3, -0.25) is 0 Å². The van der Waals surface area contributed by atoms with Crippen molar-refractivity contribution in [3.8, 4) is 0 Å². The standard InChI is InChI=1S/C13H17BrS/c14-12-7-6-11(10-12)8-9-15-13-4-2-1-3-5-13/h1-5,11-12H,6-10H2. The van der Waals surface area contributed by atoms with Crippen LogP contribution in [-0.4, -0.2) is 10.6 Å². The number of halogens is 1. The van der Waals surface area contributed by atoms with E-state index in [0.717, 1.165) is 10.7 Å². The van der Waals surface area contributed by atoms with Crippen LogP contribution in [0.4, 0.5) is 0 Å². The van der Waals surface area contributed by atoms with E-state index in [9.17, 15) is 0 Å². The van der Waals surface area contributed by atoms with Crippen LogP contribution in [0.25, 0.3) is 0 Å². The molecule has 0 amide bonds. The van der Waals surface area contributed by atoms with Crippen molar-refractivity contribution in [1.82, 2.24) is 0 Å². The minimum atomic E-state index is 0.796. The molecule has 15 heavy (non-hydrogen) atoms. The summed E-state index contributed by atoms with van der Waals surface area (Å²) in [7, 11) is 0. The summed E-state index contributed by atoms with van der Waals surface area (Å²) in [5, 5.41) is 0. The Labute approximate surface area is 105 Å². The monoisotopic (exact) mass is 284 g/mol. The van der Waals surface area contributed by atoms with E-state index in [1.54, 1.807) is 0 Å². The lowest BCUT2D eigenvalue weighted by atomic mass is 10.1. The zero-order valence-corrected chi connectivity index (χ0v) is 11.3. The summed E-state index contributed by atoms with van der Waals surface area (Å²) in [5.41, 5.74) is 0. The fraction of sp³-hybridized carbons (Fsp3) is 0.538. The molecule has 0 saturated heterocycles. The Bertz CT molecular complexity index is 286. The van der Waals surface area contributed by atoms with Gasteiger partial charge in [0.15, 0.2) is 0 Å². The van der Waals surface area contributed by atoms with Gasteiger partial charge in [0.05, 0.1) is 0 Å². The maximum absolute atomic E-state index is 3.71. The second kappa shape index (κ2) is 5.95. The van der Waals surface area contributed by atoms with Crippen LogP contribution in [0.5, 0.6) is 0 Å². The first kappa shape index (κ1) is 11.5. The third-order valence-electron chi connectivity index (χ3n) is 3.02. The highest BCUT2D eigenvalue weighted by Crippen LogP contribution is 2.34. The van der Waals surface area contributed by atoms with Gasteiger partial charge >= 0.3 is 0 Å². The molecule has 1 aromatic rings. The van der Waals surface area contributed by atoms with Crippen LogP contribution in [0, 0.1) is 5.92 Å². The number of benzene rings is 1. The van der Waals surface area contributed by atoms with Crippen molar-refractivity contribution in [2.45, 2.75) is 35.4 Å². The van der Waals surface area contributed by atoms with Gasteiger partial charge in [-0.05, 0) is 49.5 Å². The molecule has 0 spiro atoms. The van der Waals surface area contributed by atoms with Gasteiger partial charge in [-0.1, -0.05) is 34.1 Å². The Morgan fingerprint density at radius 1 is 1.20 bits per heavy atom. The van der Waals surface area contributed by atoms with E-state index in [2.05, 4.69) is 46.3 Å². The quantitative estimate of drug-likeness (QED) is 0.569. The smallest absolute Gasteiger partial charge is 0.0148 e. The highest BCUT2D eigenvalue weighted by atomic mass is 79.9. The molecule has 0 N–H and O–H groups in total. The number of hydrogen-bond acceptors (Lipinski definition) is 1. The zero-order valence-electron chi connectivity index (χ0n) is 8.86. The summed E-state index contributed by atoms with van der Waals surface area (Å²) in [4.78, 5) is 2.20. The number of rotatable bonds is 4. The Morgan fingerprint density at radius 3 is 2.67 bits per heavy atom. The Kier molecular flexibility index (Phi) is 4.58. The van der Waals surface area contributed by atoms with Gasteiger partial charge in [-0.2, -0.15) is 0 Å². The van der Waals surface area contributed by atoms with Crippen molar-refractivity contribution >= 4 is 27.7 Å². The molecule has 0 aliphatic heterocycles. The fourth-order valence-electron chi connectivity index (χ4n) is 2.14. The number of alkyl halides is 1. The molecule has 1 saturated carbocycles. The average Bonchev–Trinajstić information content (AvgIpc) is 2.66. The summed E-state index contributed by atoms with van der Waals surface area (Å²) >= 11 is 5.70. The minimum absolute atomic E-state index is 0.796. The lowest BCUT2D eigenvalue weighted by Crippen LogP contribution is -1.96. The molecule has 0 bridgehead atoms. The molecule has 0 heterocycles. The maximum atomic E-state index is 3.71. The van der Waals surface area contributed by atoms with Gasteiger partial charge in [-0.15, -0.1) is 11.8 Å². The Hall–Kier alpha value is 0.0500. The van der Waals surface area contributed by atoms with Gasteiger partial charge in [0.1, 0.15) is 0 Å². The number of hydrogen-bond donors (Lipinski definition) is 0. The molecule has 0 aromatic heterocycles. The van der Waals surface area contributed by atoms with E-state index >= 15 is 0 Å². The molecule has 1 aromatic carbocycles. The largest absolute Gasteiger partial charge is 0.126 e. The lowest BCUT2D eigenvalue weighted by molar-refractivity contribution is 0.537. The van der Waals surface area contributed by atoms with E-state index in [-0.39, 0.29) is 0 Å². The van der Waals surface area contributed by atoms with Crippen LogP contribution >= 0.6 is 27.7 Å². The van der Waals surface area contributed by atoms with Crippen LogP contribution in [0.2, 0.25) is 0 Å². The summed E-state index contributed by atoms with van der Waals surface area (Å²) in [6.07, 6.45) is 5.56. The van der Waals surface area contributed by atoms with Crippen molar-refractivity contribution < 1.29 is 0 Å². The van der Waals surface area contributed by atoms with Crippen molar-refractivity contribution in [3.05, 3.63) is 30.3 Å². The van der Waals surface area contributed by atoms with Gasteiger partial charge in [0.25, 0.3) is 0 Å². The van der Waals surface area contributed by atoms with Crippen molar-refractivity contribution in [3.63, 3.8) is 0 Å². The third kappa shape index (κ3) is 3.84. The first-order valence-electron chi connectivity index (χ1n) is 5.66. The van der Waals surface area contributed by atoms with Gasteiger partial charge in [0, 0.05) is 9.72 Å². The summed E-state index contributed by atoms with van der Waals surface area (Å²) in [6.45, 7) is 0. The Morgan fingerprint density at radius 2 is 2.00 bits per heavy atom. The highest BCUT2D eigenvalue weighted by Gasteiger charge is 2.21. The molecule has 2 rings (SSSR count). The second-order valence-corrected chi connectivity index (χ2v) is 6.69. The van der Waals surface area contributed by atoms with Crippen LogP contribution in [0.15, 0.2) is 35.2 Å². The molecular formula is C13H17BrS. The van der Waals surface area contributed by atoms with E-state index in [4.69, 9.17) is 0 Å². The zero-order chi connectivity index (χ0) is 10.5. The third-order valence-corrected chi connectivity index (χ3v) is 4.89. The molecule has 0 nitrogen and oxygen atoms in total. The summed E-state index contributed by atoms with van der Waals surface area (Å²) < 4.78 is 0. The average molecular weight is 285 g/mol. The normalized spacial score (nSPS) is 25.7. The fourth-order valence-corrected chi connectivity index (χ4v) is 3.97. The maximum Gasteiger partial charge on any atom is 0.0148 e. The van der Waals surface area contributed by atoms with E-state index in [0.29, 0.717) is 0 Å². The van der Waals surface area contributed by atoms with E-state index in [1.165, 1.54) is 36.3 Å². The van der Waals surface area contributed by atoms with Crippen LogP contribution in [0.1, 0.15) is 25.7 Å². The molecule has 1 aliphatic carbocycles. The Balaban J connectivity index is 1.67. The molecule has 1 fully saturated rings. The SMILES string of the molecule is BrC1CCC(CCSc2ccccc2)C1. The van der Waals surface area contributed by atoms with E-state index < -0.39 is 0 Å². The minimum Gasteiger partial charge on any atom is -0.126 e. The molecule has 2 heteroatoms. The molecule has 82 valence electrons. The lowest BCUT2D eigenvalue weighted by Gasteiger charge is -2.08. The first-order chi connectivity index (χ1) is 7.34. The molecule has 1 aliphatic rings. The van der Waals surface area contributed by atoms with E-state index in [1.807, 2.05) is 11.8 Å². The van der Waals surface area contributed by atoms with Crippen molar-refractivity contribution in [2.24, 2.45) is 5.92 Å². The van der Waals surface area contributed by atoms with Crippen molar-refractivity contribution in [1.29, 1.82) is 0 Å². The molecule has 2 atom stereocenters. The van der Waals surface area contributed by atoms with Gasteiger partial charge in [0.2, 0.25) is 0 Å². The summed E-state index contributed by atoms with van der Waals surface area (Å²) in [6, 6.07) is 10.7. The van der Waals surface area contributed by atoms with Gasteiger partial charge < -0.3 is 0 Å². The van der Waals surface area contributed by atoms with Crippen LogP contribution in [-0.2, 0) is 0 Å². The van der Waals surface area contributed by atoms with Crippen LogP contribution in [0.3, 0.4) is 0 Å². The molecule has 0 radical (unpaired) electrons. The van der Waals surface area contributed by atoms with Gasteiger partial charge in [-0.25, -0.2) is 0 Å². The van der Waals surface area contributed by atoms with Crippen molar-refractivity contribution in [2.75, 3.05) is 5.75 Å². The molecular weight excluding hydrogens is 268 g/mol. The summed E-state index contributed by atoms with van der Waals surface area (Å²) in [5.74, 6) is 2.24. The highest BCUT2D eigenvalue weighted by molar-refractivity contribution is 9.09.